The van der Waals surface area contributed by atoms with E-state index in [4.69, 9.17) is 9.30 Å². The maximum Gasteiger partial charge on any atom is 3.00 e. The van der Waals surface area contributed by atoms with Gasteiger partial charge < -0.3 is 18.3 Å². The molecule has 0 atom stereocenters. The molecule has 38 heavy (non-hydrogen) atoms. The van der Waals surface area contributed by atoms with E-state index in [2.05, 4.69) is 118 Å². The molecule has 222 valence electrons. The van der Waals surface area contributed by atoms with Crippen LogP contribution in [-0.2, 0) is 50.9 Å². The van der Waals surface area contributed by atoms with Crippen molar-refractivity contribution < 1.29 is 63.1 Å². The maximum atomic E-state index is 9.87. The molecule has 0 radical (unpaired) electrons. The summed E-state index contributed by atoms with van der Waals surface area (Å²) in [4.78, 5) is 0. The van der Waals surface area contributed by atoms with E-state index < -0.39 is 7.81 Å². The zero-order valence-electron chi connectivity index (χ0n) is 23.4. The molecule has 2 rings (SSSR count). The van der Waals surface area contributed by atoms with Gasteiger partial charge in [-0.25, -0.2) is 0 Å². The van der Waals surface area contributed by atoms with Gasteiger partial charge in [0.1, 0.15) is 0 Å². The Hall–Kier alpha value is -1.47. The van der Waals surface area contributed by atoms with Crippen molar-refractivity contribution in [3.05, 3.63) is 64.6 Å². The van der Waals surface area contributed by atoms with Gasteiger partial charge in [-0.2, -0.15) is 0 Å². The topological polar surface area (TPSA) is 57.4 Å². The summed E-state index contributed by atoms with van der Waals surface area (Å²) in [7, 11) is -10.7. The predicted octanol–water partition coefficient (Wildman–Crippen LogP) is 7.10. The molecule has 0 saturated heterocycles. The summed E-state index contributed by atoms with van der Waals surface area (Å²) < 4.78 is 82.3. The van der Waals surface area contributed by atoms with Gasteiger partial charge in [0.2, 0.25) is 12.7 Å². The molecule has 6 nitrogen and oxygen atoms in total. The number of aromatic nitrogens is 4. The summed E-state index contributed by atoms with van der Waals surface area (Å²) in [5, 5.41) is 0. The second-order valence-corrected chi connectivity index (χ2v) is 13.1. The monoisotopic (exact) mass is 662 g/mol. The molecule has 0 aromatic carbocycles. The van der Waals surface area contributed by atoms with E-state index in [9.17, 15) is 25.2 Å². The van der Waals surface area contributed by atoms with E-state index in [0.29, 0.717) is 0 Å². The van der Waals surface area contributed by atoms with Gasteiger partial charge >= 0.3 is 75.1 Å². The summed E-state index contributed by atoms with van der Waals surface area (Å²) in [6, 6.07) is 0. The van der Waals surface area contributed by atoms with E-state index in [0.717, 1.165) is 0 Å². The molecule has 2 aromatic heterocycles. The summed E-state index contributed by atoms with van der Waals surface area (Å²) in [6.07, 6.45) is 14.6. The van der Waals surface area contributed by atoms with Crippen LogP contribution in [0.5, 0.6) is 0 Å². The minimum atomic E-state index is -10.7. The zero-order valence-corrected chi connectivity index (χ0v) is 25.9. The third kappa shape index (κ3) is 23.6. The molecule has 0 amide bonds. The first-order chi connectivity index (χ1) is 15.9. The molecule has 0 aliphatic rings. The third-order valence-electron chi connectivity index (χ3n) is 3.91. The molecule has 0 bridgehead atoms. The Morgan fingerprint density at radius 3 is 0.895 bits per heavy atom. The van der Waals surface area contributed by atoms with Gasteiger partial charge in [0.15, 0.2) is 0 Å². The summed E-state index contributed by atoms with van der Waals surface area (Å²) in [5.41, 5.74) is -0.0694. The first kappa shape index (κ1) is 43.6. The number of nitrogens with zero attached hydrogens (tertiary/aromatic N) is 4. The molecule has 0 fully saturated rings. The Balaban J connectivity index is -0.000000219. The van der Waals surface area contributed by atoms with Gasteiger partial charge in [-0.1, -0.05) is 27.7 Å². The first-order valence-corrected chi connectivity index (χ1v) is 12.6. The number of halogens is 6. The van der Waals surface area contributed by atoms with Crippen LogP contribution < -0.4 is 9.13 Å². The van der Waals surface area contributed by atoms with E-state index in [1.54, 1.807) is 0 Å². The second kappa shape index (κ2) is 13.7. The SMILES string of the molecule is F[P-](F)(F)(F)(F)F.[C-]#[O+].[C-]#[O+].[CH2-]C(C)(C)[n+]1[c-]n(C(C)(C)C)cc1.[CH2-]C(C)(C)[n+]1[c-]n(C(C)(C)C)cc1.[Rh+3]. The van der Waals surface area contributed by atoms with Gasteiger partial charge in [0, 0.05) is 0 Å². The van der Waals surface area contributed by atoms with Crippen molar-refractivity contribution in [3.8, 4) is 0 Å². The molecular formula is C24H38F6N4O2PRh. The van der Waals surface area contributed by atoms with Gasteiger partial charge in [-0.15, -0.1) is 0 Å². The van der Waals surface area contributed by atoms with Gasteiger partial charge in [0.05, 0.1) is 11.1 Å². The van der Waals surface area contributed by atoms with Crippen molar-refractivity contribution in [2.45, 2.75) is 91.4 Å². The molecule has 2 heterocycles. The number of hydrogen-bond acceptors (Lipinski definition) is 0. The van der Waals surface area contributed by atoms with Crippen LogP contribution in [-0.4, -0.2) is 9.13 Å². The van der Waals surface area contributed by atoms with Crippen LogP contribution in [0.3, 0.4) is 0 Å². The smallest absolute Gasteiger partial charge is 0.374 e. The van der Waals surface area contributed by atoms with Crippen LogP contribution in [0.2, 0.25) is 0 Å². The van der Waals surface area contributed by atoms with Crippen LogP contribution in [0.1, 0.15) is 69.2 Å². The molecule has 0 saturated carbocycles. The molecule has 0 N–H and O–H groups in total. The third-order valence-corrected chi connectivity index (χ3v) is 3.91. The van der Waals surface area contributed by atoms with Crippen molar-refractivity contribution in [2.24, 2.45) is 0 Å². The van der Waals surface area contributed by atoms with E-state index in [-0.39, 0.29) is 41.6 Å². The Labute approximate surface area is 235 Å². The average molecular weight is 662 g/mol. The average Bonchev–Trinajstić information content (AvgIpc) is 3.31. The van der Waals surface area contributed by atoms with Crippen LogP contribution in [0.4, 0.5) is 25.2 Å². The van der Waals surface area contributed by atoms with Crippen LogP contribution in [0, 0.1) is 39.8 Å². The fourth-order valence-corrected chi connectivity index (χ4v) is 2.05. The van der Waals surface area contributed by atoms with Crippen molar-refractivity contribution in [1.82, 2.24) is 9.13 Å². The number of hydrogen-bond donors (Lipinski definition) is 0. The second-order valence-electron chi connectivity index (χ2n) is 11.2. The van der Waals surface area contributed by atoms with Crippen molar-refractivity contribution in [2.75, 3.05) is 0 Å². The fraction of sp³-hybridized carbons (Fsp3) is 0.583. The quantitative estimate of drug-likeness (QED) is 0.0823. The molecular weight excluding hydrogens is 624 g/mol. The van der Waals surface area contributed by atoms with Crippen LogP contribution >= 0.6 is 7.81 Å². The van der Waals surface area contributed by atoms with Crippen LogP contribution in [0.15, 0.2) is 24.8 Å². The molecule has 0 aliphatic heterocycles. The molecule has 0 spiro atoms. The predicted molar refractivity (Wildman–Crippen MR) is 128 cm³/mol. The first-order valence-electron chi connectivity index (χ1n) is 10.6. The van der Waals surface area contributed by atoms with Crippen molar-refractivity contribution in [3.63, 3.8) is 0 Å². The summed E-state index contributed by atoms with van der Waals surface area (Å²) >= 11 is 0. The Morgan fingerprint density at radius 2 is 0.816 bits per heavy atom. The minimum absolute atomic E-state index is 0. The minimum Gasteiger partial charge on any atom is -0.374 e. The molecule has 0 unspecified atom stereocenters. The normalized spacial score (nSPS) is 13.5. The van der Waals surface area contributed by atoms with Crippen LogP contribution in [0.25, 0.3) is 0 Å². The number of imidazole rings is 2. The van der Waals surface area contributed by atoms with Crippen molar-refractivity contribution in [1.29, 1.82) is 0 Å². The van der Waals surface area contributed by atoms with E-state index >= 15 is 0 Å². The van der Waals surface area contributed by atoms with E-state index in [1.165, 1.54) is 0 Å². The Bertz CT molecular complexity index is 867. The Kier molecular flexibility index (Phi) is 15.8. The Morgan fingerprint density at radius 1 is 0.632 bits per heavy atom. The van der Waals surface area contributed by atoms with Gasteiger partial charge in [0.25, 0.3) is 0 Å². The molecule has 0 aliphatic carbocycles. The maximum absolute atomic E-state index is 10.7. The van der Waals surface area contributed by atoms with Crippen molar-refractivity contribution >= 4 is 7.81 Å². The largest absolute Gasteiger partial charge is 3.00 e. The summed E-state index contributed by atoms with van der Waals surface area (Å²) in [5.74, 6) is 0. The standard InChI is InChI=1S/2C11H19N2.2CO.F6P.Rh/c2*1-10(2,3)12-7-8-13(9-12)11(4,5)6;2*1-2;1-7(2,3,4,5)6;/h2*7-8H,1H2,2-6H3;;;;/q2*-1;;;-1;+3. The van der Waals surface area contributed by atoms with E-state index in [1.807, 2.05) is 33.9 Å². The summed E-state index contributed by atoms with van der Waals surface area (Å²) in [6.45, 7) is 38.3. The van der Waals surface area contributed by atoms with Gasteiger partial charge in [-0.3, -0.25) is 13.8 Å². The molecule has 2 aromatic rings. The molecule has 14 heteroatoms. The fourth-order valence-electron chi connectivity index (χ4n) is 2.05. The van der Waals surface area contributed by atoms with Gasteiger partial charge in [-0.05, 0) is 77.4 Å². The zero-order chi connectivity index (χ0) is 31.0. The number of rotatable bonds is 2.